The maximum absolute atomic E-state index is 13.0. The first-order chi connectivity index (χ1) is 13.0. The van der Waals surface area contributed by atoms with Crippen LogP contribution >= 0.6 is 0 Å². The Hall–Kier alpha value is -2.28. The molecule has 1 aromatic rings. The van der Waals surface area contributed by atoms with Crippen molar-refractivity contribution in [2.75, 3.05) is 33.9 Å². The zero-order valence-electron chi connectivity index (χ0n) is 16.0. The first kappa shape index (κ1) is 19.5. The molecule has 2 aliphatic rings. The fraction of sp³-hybridized carbons (Fsp3) is 0.600. The maximum Gasteiger partial charge on any atom is 0.320 e. The number of hydrogen-bond acceptors (Lipinski definition) is 5. The van der Waals surface area contributed by atoms with E-state index in [0.29, 0.717) is 31.0 Å². The third kappa shape index (κ3) is 4.18. The molecule has 3 rings (SSSR count). The van der Waals surface area contributed by atoms with Gasteiger partial charge in [-0.15, -0.1) is 0 Å². The molecule has 0 radical (unpaired) electrons. The van der Waals surface area contributed by atoms with Crippen molar-refractivity contribution in [1.82, 2.24) is 9.80 Å². The van der Waals surface area contributed by atoms with Gasteiger partial charge in [0, 0.05) is 6.54 Å². The molecule has 27 heavy (non-hydrogen) atoms. The third-order valence-corrected chi connectivity index (χ3v) is 5.60. The van der Waals surface area contributed by atoms with E-state index in [-0.39, 0.29) is 18.5 Å². The second-order valence-corrected chi connectivity index (χ2v) is 7.18. The minimum atomic E-state index is -0.833. The molecular weight excluding hydrogens is 348 g/mol. The van der Waals surface area contributed by atoms with Gasteiger partial charge < -0.3 is 19.5 Å². The molecule has 2 atom stereocenters. The monoisotopic (exact) mass is 376 g/mol. The molecule has 0 aromatic heterocycles. The minimum absolute atomic E-state index is 0.000403. The molecule has 0 aliphatic carbocycles. The number of ether oxygens (including phenoxy) is 2. The topological polar surface area (TPSA) is 79.3 Å². The second kappa shape index (κ2) is 8.61. The summed E-state index contributed by atoms with van der Waals surface area (Å²) in [6.07, 6.45) is 4.29. The third-order valence-electron chi connectivity index (χ3n) is 5.60. The van der Waals surface area contributed by atoms with Crippen molar-refractivity contribution in [1.29, 1.82) is 0 Å². The fourth-order valence-electron chi connectivity index (χ4n) is 4.20. The quantitative estimate of drug-likeness (QED) is 0.821. The predicted molar refractivity (Wildman–Crippen MR) is 100 cm³/mol. The van der Waals surface area contributed by atoms with E-state index in [1.165, 1.54) is 0 Å². The lowest BCUT2D eigenvalue weighted by molar-refractivity contribution is -0.146. The number of piperidine rings is 1. The Labute approximate surface area is 159 Å². The number of amides is 1. The van der Waals surface area contributed by atoms with Crippen molar-refractivity contribution in [3.8, 4) is 11.5 Å². The molecule has 2 saturated heterocycles. The van der Waals surface area contributed by atoms with E-state index < -0.39 is 12.0 Å². The van der Waals surface area contributed by atoms with Gasteiger partial charge in [-0.25, -0.2) is 0 Å². The summed E-state index contributed by atoms with van der Waals surface area (Å²) in [7, 11) is 3.20. The molecule has 1 aromatic carbocycles. The van der Waals surface area contributed by atoms with Crippen molar-refractivity contribution in [2.45, 2.75) is 44.2 Å². The van der Waals surface area contributed by atoms with Crippen LogP contribution in [0.5, 0.6) is 11.5 Å². The largest absolute Gasteiger partial charge is 0.493 e. The Balaban J connectivity index is 1.74. The first-order valence-electron chi connectivity index (χ1n) is 9.53. The minimum Gasteiger partial charge on any atom is -0.493 e. The standard InChI is InChI=1S/C20H28N2O5/c1-26-17-9-8-14(12-18(17)27-2)15-7-5-11-22(15)19(23)13-21-10-4-3-6-16(21)20(24)25/h8-9,12,15-16H,3-7,10-11,13H2,1-2H3,(H,24,25). The lowest BCUT2D eigenvalue weighted by Crippen LogP contribution is -2.49. The van der Waals surface area contributed by atoms with E-state index in [2.05, 4.69) is 0 Å². The van der Waals surface area contributed by atoms with E-state index in [1.807, 2.05) is 28.0 Å². The van der Waals surface area contributed by atoms with Crippen LogP contribution < -0.4 is 9.47 Å². The summed E-state index contributed by atoms with van der Waals surface area (Å²) in [4.78, 5) is 28.2. The van der Waals surface area contributed by atoms with Gasteiger partial charge in [0.2, 0.25) is 5.91 Å². The van der Waals surface area contributed by atoms with Gasteiger partial charge in [-0.3, -0.25) is 14.5 Å². The SMILES string of the molecule is COc1ccc(C2CCCN2C(=O)CN2CCCCC2C(=O)O)cc1OC. The van der Waals surface area contributed by atoms with Crippen LogP contribution in [-0.4, -0.2) is 66.7 Å². The Bertz CT molecular complexity index is 693. The molecule has 0 bridgehead atoms. The highest BCUT2D eigenvalue weighted by Gasteiger charge is 2.35. The highest BCUT2D eigenvalue weighted by molar-refractivity contribution is 5.81. The van der Waals surface area contributed by atoms with Gasteiger partial charge in [0.1, 0.15) is 6.04 Å². The number of methoxy groups -OCH3 is 2. The average Bonchev–Trinajstić information content (AvgIpc) is 3.17. The van der Waals surface area contributed by atoms with Crippen LogP contribution in [0.2, 0.25) is 0 Å². The fourth-order valence-corrected chi connectivity index (χ4v) is 4.20. The molecule has 7 heteroatoms. The van der Waals surface area contributed by atoms with E-state index in [9.17, 15) is 14.7 Å². The van der Waals surface area contributed by atoms with Crippen molar-refractivity contribution in [3.63, 3.8) is 0 Å². The van der Waals surface area contributed by atoms with Gasteiger partial charge in [-0.05, 0) is 49.9 Å². The van der Waals surface area contributed by atoms with Gasteiger partial charge in [0.15, 0.2) is 11.5 Å². The van der Waals surface area contributed by atoms with Crippen LogP contribution in [-0.2, 0) is 9.59 Å². The molecule has 0 spiro atoms. The molecular formula is C20H28N2O5. The number of carbonyl (C=O) groups is 2. The van der Waals surface area contributed by atoms with E-state index in [1.54, 1.807) is 14.2 Å². The number of likely N-dealkylation sites (tertiary alicyclic amines) is 2. The Kier molecular flexibility index (Phi) is 6.21. The number of rotatable bonds is 6. The van der Waals surface area contributed by atoms with E-state index in [4.69, 9.17) is 9.47 Å². The van der Waals surface area contributed by atoms with Crippen LogP contribution in [0.1, 0.15) is 43.7 Å². The molecule has 2 fully saturated rings. The Morgan fingerprint density at radius 1 is 1.07 bits per heavy atom. The van der Waals surface area contributed by atoms with Crippen molar-refractivity contribution in [3.05, 3.63) is 23.8 Å². The highest BCUT2D eigenvalue weighted by Crippen LogP contribution is 2.37. The van der Waals surface area contributed by atoms with Crippen LogP contribution in [0.25, 0.3) is 0 Å². The molecule has 2 unspecified atom stereocenters. The molecule has 1 N–H and O–H groups in total. The van der Waals surface area contributed by atoms with Gasteiger partial charge in [0.05, 0.1) is 26.8 Å². The van der Waals surface area contributed by atoms with Crippen LogP contribution in [0, 0.1) is 0 Å². The van der Waals surface area contributed by atoms with Crippen molar-refractivity contribution in [2.24, 2.45) is 0 Å². The number of carboxylic acids is 1. The van der Waals surface area contributed by atoms with Gasteiger partial charge >= 0.3 is 5.97 Å². The number of carbonyl (C=O) groups excluding carboxylic acids is 1. The molecule has 2 aliphatic heterocycles. The number of nitrogens with zero attached hydrogens (tertiary/aromatic N) is 2. The summed E-state index contributed by atoms with van der Waals surface area (Å²) in [6.45, 7) is 1.53. The number of carboxylic acid groups (broad SMARTS) is 1. The Morgan fingerprint density at radius 3 is 2.56 bits per heavy atom. The average molecular weight is 376 g/mol. The summed E-state index contributed by atoms with van der Waals surface area (Å²) in [5, 5.41) is 9.43. The van der Waals surface area contributed by atoms with Crippen LogP contribution in [0.15, 0.2) is 18.2 Å². The zero-order valence-corrected chi connectivity index (χ0v) is 16.0. The van der Waals surface area contributed by atoms with Crippen molar-refractivity contribution >= 4 is 11.9 Å². The maximum atomic E-state index is 13.0. The van der Waals surface area contributed by atoms with Gasteiger partial charge in [-0.1, -0.05) is 12.5 Å². The lowest BCUT2D eigenvalue weighted by atomic mass is 10.0. The van der Waals surface area contributed by atoms with E-state index >= 15 is 0 Å². The first-order valence-corrected chi connectivity index (χ1v) is 9.53. The Morgan fingerprint density at radius 2 is 1.85 bits per heavy atom. The summed E-state index contributed by atoms with van der Waals surface area (Å²) in [6, 6.07) is 5.20. The highest BCUT2D eigenvalue weighted by atomic mass is 16.5. The summed E-state index contributed by atoms with van der Waals surface area (Å²) in [5.41, 5.74) is 1.02. The summed E-state index contributed by atoms with van der Waals surface area (Å²) in [5.74, 6) is 0.479. The van der Waals surface area contributed by atoms with E-state index in [0.717, 1.165) is 31.2 Å². The lowest BCUT2D eigenvalue weighted by Gasteiger charge is -2.34. The molecule has 148 valence electrons. The van der Waals surface area contributed by atoms with Crippen molar-refractivity contribution < 1.29 is 24.2 Å². The molecule has 7 nitrogen and oxygen atoms in total. The molecule has 2 heterocycles. The summed E-state index contributed by atoms with van der Waals surface area (Å²) >= 11 is 0. The second-order valence-electron chi connectivity index (χ2n) is 7.18. The normalized spacial score (nSPS) is 23.3. The summed E-state index contributed by atoms with van der Waals surface area (Å²) < 4.78 is 10.7. The smallest absolute Gasteiger partial charge is 0.320 e. The zero-order chi connectivity index (χ0) is 19.4. The van der Waals surface area contributed by atoms with Crippen LogP contribution in [0.4, 0.5) is 0 Å². The van der Waals surface area contributed by atoms with Gasteiger partial charge in [0.25, 0.3) is 0 Å². The van der Waals surface area contributed by atoms with Crippen LogP contribution in [0.3, 0.4) is 0 Å². The van der Waals surface area contributed by atoms with Gasteiger partial charge in [-0.2, -0.15) is 0 Å². The number of benzene rings is 1. The number of aliphatic carboxylic acids is 1. The molecule has 1 amide bonds. The predicted octanol–water partition coefficient (Wildman–Crippen LogP) is 2.31. The molecule has 0 saturated carbocycles. The number of hydrogen-bond donors (Lipinski definition) is 1.